The van der Waals surface area contributed by atoms with Gasteiger partial charge in [0.25, 0.3) is 0 Å². The Balaban J connectivity index is 2.73. The molecule has 1 heterocycles. The summed E-state index contributed by atoms with van der Waals surface area (Å²) in [6.45, 7) is 3.03. The van der Waals surface area contributed by atoms with Gasteiger partial charge in [-0.15, -0.1) is 0 Å². The van der Waals surface area contributed by atoms with Crippen molar-refractivity contribution in [3.8, 4) is 0 Å². The van der Waals surface area contributed by atoms with Crippen LogP contribution in [-0.4, -0.2) is 16.7 Å². The minimum Gasteiger partial charge on any atom is -0.318 e. The normalized spacial score (nSPS) is 11.1. The molecule has 1 rings (SSSR count). The first kappa shape index (κ1) is 9.38. The maximum absolute atomic E-state index is 10.4. The molecular formula is C9H10N2O2. The predicted octanol–water partition coefficient (Wildman–Crippen LogP) is 1.37. The van der Waals surface area contributed by atoms with Gasteiger partial charge in [-0.2, -0.15) is 0 Å². The molecule has 0 atom stereocenters. The lowest BCUT2D eigenvalue weighted by molar-refractivity contribution is -0.140. The Morgan fingerprint density at radius 1 is 1.46 bits per heavy atom. The quantitative estimate of drug-likeness (QED) is 0.390. The smallest absolute Gasteiger partial charge is 0.318 e. The Labute approximate surface area is 76.2 Å². The van der Waals surface area contributed by atoms with Crippen molar-refractivity contribution in [3.63, 3.8) is 0 Å². The largest absolute Gasteiger partial charge is 0.331 e. The van der Waals surface area contributed by atoms with E-state index >= 15 is 0 Å². The van der Waals surface area contributed by atoms with E-state index < -0.39 is 5.97 Å². The van der Waals surface area contributed by atoms with E-state index in [0.717, 1.165) is 0 Å². The molecule has 4 nitrogen and oxygen atoms in total. The fourth-order valence-corrected chi connectivity index (χ4v) is 0.756. The van der Waals surface area contributed by atoms with Gasteiger partial charge in [0, 0.05) is 13.1 Å². The molecule has 0 saturated carbocycles. The summed E-state index contributed by atoms with van der Waals surface area (Å²) in [5.74, 6) is -0.435. The van der Waals surface area contributed by atoms with E-state index in [1.54, 1.807) is 19.2 Å². The Kier molecular flexibility index (Phi) is 3.14. The third-order valence-electron chi connectivity index (χ3n) is 1.35. The van der Waals surface area contributed by atoms with Gasteiger partial charge in [0.15, 0.2) is 0 Å². The van der Waals surface area contributed by atoms with Gasteiger partial charge in [0.1, 0.15) is 5.71 Å². The first-order valence-corrected chi connectivity index (χ1v) is 3.83. The van der Waals surface area contributed by atoms with Crippen molar-refractivity contribution in [2.75, 3.05) is 0 Å². The Morgan fingerprint density at radius 2 is 2.23 bits per heavy atom. The predicted molar refractivity (Wildman–Crippen MR) is 48.2 cm³/mol. The second kappa shape index (κ2) is 4.35. The Bertz CT molecular complexity index is 320. The average Bonchev–Trinajstić information content (AvgIpc) is 2.15. The number of carbonyl (C=O) groups excluding carboxylic acids is 1. The van der Waals surface area contributed by atoms with E-state index in [0.29, 0.717) is 11.4 Å². The van der Waals surface area contributed by atoms with E-state index in [-0.39, 0.29) is 0 Å². The molecule has 1 aromatic heterocycles. The summed E-state index contributed by atoms with van der Waals surface area (Å²) in [6, 6.07) is 5.44. The second-order valence-corrected chi connectivity index (χ2v) is 2.47. The first-order valence-electron chi connectivity index (χ1n) is 3.83. The monoisotopic (exact) mass is 178 g/mol. The second-order valence-electron chi connectivity index (χ2n) is 2.47. The molecule has 1 aromatic rings. The molecule has 68 valence electrons. The van der Waals surface area contributed by atoms with Crippen LogP contribution in [0.25, 0.3) is 0 Å². The molecule has 0 unspecified atom stereocenters. The topological polar surface area (TPSA) is 51.5 Å². The summed E-state index contributed by atoms with van der Waals surface area (Å²) in [4.78, 5) is 18.9. The van der Waals surface area contributed by atoms with Crippen molar-refractivity contribution in [1.82, 2.24) is 4.98 Å². The molecule has 0 spiro atoms. The van der Waals surface area contributed by atoms with Gasteiger partial charge >= 0.3 is 5.97 Å². The van der Waals surface area contributed by atoms with Gasteiger partial charge < -0.3 is 4.84 Å². The Morgan fingerprint density at radius 3 is 2.77 bits per heavy atom. The molecule has 0 fully saturated rings. The fraction of sp³-hybridized carbons (Fsp3) is 0.222. The zero-order valence-electron chi connectivity index (χ0n) is 7.52. The van der Waals surface area contributed by atoms with Crippen LogP contribution in [0.1, 0.15) is 19.5 Å². The zero-order valence-corrected chi connectivity index (χ0v) is 7.52. The summed E-state index contributed by atoms with van der Waals surface area (Å²) >= 11 is 0. The van der Waals surface area contributed by atoms with Gasteiger partial charge in [0.05, 0.1) is 5.69 Å². The molecule has 0 aliphatic rings. The lowest BCUT2D eigenvalue weighted by atomic mass is 10.3. The number of rotatable bonds is 2. The molecular weight excluding hydrogens is 168 g/mol. The summed E-state index contributed by atoms with van der Waals surface area (Å²) in [6.07, 6.45) is 1.65. The van der Waals surface area contributed by atoms with E-state index in [1.807, 2.05) is 12.1 Å². The number of aromatic nitrogens is 1. The molecule has 0 saturated heterocycles. The van der Waals surface area contributed by atoms with Crippen LogP contribution in [0.15, 0.2) is 29.6 Å². The van der Waals surface area contributed by atoms with Gasteiger partial charge in [-0.3, -0.25) is 4.98 Å². The molecule has 0 aliphatic heterocycles. The maximum atomic E-state index is 10.4. The van der Waals surface area contributed by atoms with Crippen molar-refractivity contribution < 1.29 is 9.63 Å². The molecule has 13 heavy (non-hydrogen) atoms. The Hall–Kier alpha value is -1.71. The number of pyridine rings is 1. The molecule has 0 amide bonds. The lowest BCUT2D eigenvalue weighted by Gasteiger charge is -1.97. The van der Waals surface area contributed by atoms with E-state index in [9.17, 15) is 4.79 Å². The van der Waals surface area contributed by atoms with E-state index in [4.69, 9.17) is 0 Å². The summed E-state index contributed by atoms with van der Waals surface area (Å²) in [5.41, 5.74) is 1.28. The number of hydrogen-bond acceptors (Lipinski definition) is 4. The minimum atomic E-state index is -0.435. The summed E-state index contributed by atoms with van der Waals surface area (Å²) in [7, 11) is 0. The first-order chi connectivity index (χ1) is 6.20. The SMILES string of the molecule is CC(=O)O/N=C(\C)c1ccccn1. The highest BCUT2D eigenvalue weighted by molar-refractivity contribution is 5.96. The molecule has 0 aromatic carbocycles. The van der Waals surface area contributed by atoms with Crippen LogP contribution >= 0.6 is 0 Å². The van der Waals surface area contributed by atoms with Crippen molar-refractivity contribution in [2.24, 2.45) is 5.16 Å². The van der Waals surface area contributed by atoms with Crippen LogP contribution in [0.5, 0.6) is 0 Å². The van der Waals surface area contributed by atoms with Crippen molar-refractivity contribution in [2.45, 2.75) is 13.8 Å². The highest BCUT2D eigenvalue weighted by Gasteiger charge is 1.98. The zero-order chi connectivity index (χ0) is 9.68. The van der Waals surface area contributed by atoms with Crippen molar-refractivity contribution in [1.29, 1.82) is 0 Å². The van der Waals surface area contributed by atoms with Crippen LogP contribution in [0.3, 0.4) is 0 Å². The number of nitrogens with zero attached hydrogens (tertiary/aromatic N) is 2. The van der Waals surface area contributed by atoms with Crippen molar-refractivity contribution in [3.05, 3.63) is 30.1 Å². The summed E-state index contributed by atoms with van der Waals surface area (Å²) in [5, 5.41) is 3.60. The molecule has 4 heteroatoms. The standard InChI is InChI=1S/C9H10N2O2/c1-7(11-13-8(2)12)9-5-3-4-6-10-9/h3-6H,1-2H3/b11-7+. The summed E-state index contributed by atoms with van der Waals surface area (Å²) < 4.78 is 0. The van der Waals surface area contributed by atoms with Crippen LogP contribution in [0, 0.1) is 0 Å². The number of carbonyl (C=O) groups is 1. The van der Waals surface area contributed by atoms with Gasteiger partial charge in [0.2, 0.25) is 0 Å². The lowest BCUT2D eigenvalue weighted by Crippen LogP contribution is -2.01. The molecule has 0 radical (unpaired) electrons. The molecule has 0 bridgehead atoms. The highest BCUT2D eigenvalue weighted by Crippen LogP contribution is 1.96. The third kappa shape index (κ3) is 3.02. The average molecular weight is 178 g/mol. The van der Waals surface area contributed by atoms with Gasteiger partial charge in [-0.25, -0.2) is 4.79 Å². The maximum Gasteiger partial charge on any atom is 0.331 e. The molecule has 0 N–H and O–H groups in total. The third-order valence-corrected chi connectivity index (χ3v) is 1.35. The van der Waals surface area contributed by atoms with Crippen LogP contribution in [-0.2, 0) is 9.63 Å². The number of oxime groups is 1. The van der Waals surface area contributed by atoms with Gasteiger partial charge in [-0.1, -0.05) is 11.2 Å². The van der Waals surface area contributed by atoms with Crippen LogP contribution in [0.4, 0.5) is 0 Å². The van der Waals surface area contributed by atoms with Crippen LogP contribution in [0.2, 0.25) is 0 Å². The van der Waals surface area contributed by atoms with Crippen LogP contribution < -0.4 is 0 Å². The van der Waals surface area contributed by atoms with E-state index in [2.05, 4.69) is 15.0 Å². The van der Waals surface area contributed by atoms with E-state index in [1.165, 1.54) is 6.92 Å². The fourth-order valence-electron chi connectivity index (χ4n) is 0.756. The number of hydrogen-bond donors (Lipinski definition) is 0. The van der Waals surface area contributed by atoms with Crippen molar-refractivity contribution >= 4 is 11.7 Å². The molecule has 0 aliphatic carbocycles. The van der Waals surface area contributed by atoms with Gasteiger partial charge in [-0.05, 0) is 19.1 Å². The minimum absolute atomic E-state index is 0.435. The highest BCUT2D eigenvalue weighted by atomic mass is 16.7.